The fraction of sp³-hybridized carbons (Fsp3) is 0.231. The zero-order valence-corrected chi connectivity index (χ0v) is 20.2. The Morgan fingerprint density at radius 3 is 2.33 bits per heavy atom. The minimum absolute atomic E-state index is 0.127. The molecule has 0 bridgehead atoms. The minimum Gasteiger partial charge on any atom is -0.481 e. The molecule has 3 amide bonds. The molecule has 1 saturated heterocycles. The molecule has 3 aromatic rings. The minimum atomic E-state index is -1.29. The monoisotopic (exact) mass is 509 g/mol. The summed E-state index contributed by atoms with van der Waals surface area (Å²) in [5.74, 6) is -3.19. The van der Waals surface area contributed by atoms with E-state index in [9.17, 15) is 28.7 Å². The molecule has 1 aromatic heterocycles. The number of carbonyl (C=O) groups excluding carboxylic acids is 3. The summed E-state index contributed by atoms with van der Waals surface area (Å²) in [5.41, 5.74) is 1.63. The number of carbonyl (C=O) groups is 4. The number of hydrogen-bond acceptors (Lipinski definition) is 5. The van der Waals surface area contributed by atoms with Gasteiger partial charge in [0.1, 0.15) is 5.82 Å². The number of amides is 3. The van der Waals surface area contributed by atoms with Crippen molar-refractivity contribution < 1.29 is 28.7 Å². The van der Waals surface area contributed by atoms with E-state index < -0.39 is 48.1 Å². The van der Waals surface area contributed by atoms with Crippen molar-refractivity contribution in [3.05, 3.63) is 93.4 Å². The molecular weight excluding hydrogens is 485 g/mol. The van der Waals surface area contributed by atoms with Crippen LogP contribution in [0, 0.1) is 12.7 Å². The molecule has 10 heteroatoms. The quantitative estimate of drug-likeness (QED) is 0.507. The van der Waals surface area contributed by atoms with E-state index in [2.05, 4.69) is 5.32 Å². The molecule has 2 N–H and O–H groups in total. The van der Waals surface area contributed by atoms with Gasteiger partial charge in [-0.2, -0.15) is 0 Å². The van der Waals surface area contributed by atoms with Crippen molar-refractivity contribution in [1.82, 2.24) is 15.1 Å². The van der Waals surface area contributed by atoms with Gasteiger partial charge < -0.3 is 20.2 Å². The van der Waals surface area contributed by atoms with Gasteiger partial charge in [-0.25, -0.2) is 4.39 Å². The molecule has 0 spiro atoms. The fourth-order valence-corrected chi connectivity index (χ4v) is 4.87. The second-order valence-corrected chi connectivity index (χ2v) is 9.38. The number of nitrogens with one attached hydrogen (secondary N) is 1. The third-order valence-electron chi connectivity index (χ3n) is 5.89. The normalized spacial score (nSPS) is 16.0. The van der Waals surface area contributed by atoms with Crippen molar-refractivity contribution in [2.45, 2.75) is 25.6 Å². The van der Waals surface area contributed by atoms with Crippen molar-refractivity contribution in [2.75, 3.05) is 13.1 Å². The van der Waals surface area contributed by atoms with Crippen LogP contribution in [0.15, 0.2) is 66.0 Å². The van der Waals surface area contributed by atoms with Crippen LogP contribution in [-0.4, -0.2) is 57.9 Å². The highest BCUT2D eigenvalue weighted by Gasteiger charge is 2.44. The van der Waals surface area contributed by atoms with Gasteiger partial charge >= 0.3 is 5.97 Å². The number of benzene rings is 2. The van der Waals surface area contributed by atoms with Gasteiger partial charge in [0.15, 0.2) is 6.17 Å². The van der Waals surface area contributed by atoms with E-state index in [-0.39, 0.29) is 13.1 Å². The molecule has 0 saturated carbocycles. The van der Waals surface area contributed by atoms with Crippen molar-refractivity contribution >= 4 is 35.0 Å². The first-order valence-corrected chi connectivity index (χ1v) is 12.1. The van der Waals surface area contributed by atoms with E-state index >= 15 is 0 Å². The lowest BCUT2D eigenvalue weighted by atomic mass is 10.0. The summed E-state index contributed by atoms with van der Waals surface area (Å²) in [6.07, 6.45) is -1.75. The fourth-order valence-electron chi connectivity index (χ4n) is 4.19. The maximum Gasteiger partial charge on any atom is 0.305 e. The molecule has 4 rings (SSSR count). The lowest BCUT2D eigenvalue weighted by Gasteiger charge is -2.30. The average molecular weight is 510 g/mol. The molecule has 2 atom stereocenters. The first-order chi connectivity index (χ1) is 17.2. The van der Waals surface area contributed by atoms with Gasteiger partial charge in [-0.3, -0.25) is 19.2 Å². The van der Waals surface area contributed by atoms with Crippen LogP contribution in [0.2, 0.25) is 0 Å². The zero-order chi connectivity index (χ0) is 25.8. The molecule has 8 nitrogen and oxygen atoms in total. The molecule has 1 aliphatic heterocycles. The Balaban J connectivity index is 1.66. The standard InChI is InChI=1S/C26H24FN3O5S/c1-16-4-2-5-18(14-16)25(34)29-11-12-30(26(35)21-6-3-13-36-21)24(29)23(33)28-20(15-22(31)32)17-7-9-19(27)10-8-17/h2-10,13-14,20,24H,11-12,15H2,1H3,(H,28,33)(H,31,32). The molecule has 1 fully saturated rings. The van der Waals surface area contributed by atoms with E-state index in [0.717, 1.165) is 5.56 Å². The lowest BCUT2D eigenvalue weighted by molar-refractivity contribution is -0.138. The van der Waals surface area contributed by atoms with Crippen LogP contribution in [0.5, 0.6) is 0 Å². The largest absolute Gasteiger partial charge is 0.481 e. The number of carboxylic acid groups (broad SMARTS) is 1. The predicted octanol–water partition coefficient (Wildman–Crippen LogP) is 3.45. The Labute approximate surface area is 211 Å². The Hall–Kier alpha value is -4.05. The van der Waals surface area contributed by atoms with Crippen LogP contribution in [0.4, 0.5) is 4.39 Å². The number of aryl methyl sites for hydroxylation is 1. The topological polar surface area (TPSA) is 107 Å². The second kappa shape index (κ2) is 10.7. The van der Waals surface area contributed by atoms with E-state index in [1.165, 1.54) is 45.4 Å². The summed E-state index contributed by atoms with van der Waals surface area (Å²) < 4.78 is 13.4. The highest BCUT2D eigenvalue weighted by Crippen LogP contribution is 2.25. The van der Waals surface area contributed by atoms with Gasteiger partial charge in [0.25, 0.3) is 17.7 Å². The zero-order valence-electron chi connectivity index (χ0n) is 19.4. The van der Waals surface area contributed by atoms with Crippen molar-refractivity contribution in [2.24, 2.45) is 0 Å². The number of halogens is 1. The van der Waals surface area contributed by atoms with E-state index in [1.54, 1.807) is 35.7 Å². The van der Waals surface area contributed by atoms with Crippen LogP contribution in [-0.2, 0) is 9.59 Å². The molecule has 36 heavy (non-hydrogen) atoms. The molecule has 0 aliphatic carbocycles. The summed E-state index contributed by atoms with van der Waals surface area (Å²) in [6, 6.07) is 14.4. The van der Waals surface area contributed by atoms with Gasteiger partial charge in [-0.15, -0.1) is 11.3 Å². The van der Waals surface area contributed by atoms with Gasteiger partial charge in [0.2, 0.25) is 0 Å². The molecule has 2 heterocycles. The molecule has 2 unspecified atom stereocenters. The summed E-state index contributed by atoms with van der Waals surface area (Å²) in [6.45, 7) is 2.10. The maximum absolute atomic E-state index is 13.6. The molecular formula is C26H24FN3O5S. The number of aliphatic carboxylic acids is 1. The predicted molar refractivity (Wildman–Crippen MR) is 131 cm³/mol. The Morgan fingerprint density at radius 2 is 1.72 bits per heavy atom. The van der Waals surface area contributed by atoms with Gasteiger partial charge in [0, 0.05) is 18.7 Å². The summed E-state index contributed by atoms with van der Waals surface area (Å²) in [4.78, 5) is 54.8. The summed E-state index contributed by atoms with van der Waals surface area (Å²) in [5, 5.41) is 13.8. The van der Waals surface area contributed by atoms with Crippen molar-refractivity contribution in [1.29, 1.82) is 0 Å². The average Bonchev–Trinajstić information content (AvgIpc) is 3.53. The van der Waals surface area contributed by atoms with E-state index in [0.29, 0.717) is 16.0 Å². The van der Waals surface area contributed by atoms with Crippen LogP contribution in [0.1, 0.15) is 43.6 Å². The summed E-state index contributed by atoms with van der Waals surface area (Å²) in [7, 11) is 0. The number of rotatable bonds is 7. The van der Waals surface area contributed by atoms with E-state index in [4.69, 9.17) is 0 Å². The van der Waals surface area contributed by atoms with E-state index in [1.807, 2.05) is 13.0 Å². The SMILES string of the molecule is Cc1cccc(C(=O)N2CCN(C(=O)c3cccs3)C2C(=O)NC(CC(=O)O)c2ccc(F)cc2)c1. The lowest BCUT2D eigenvalue weighted by Crippen LogP contribution is -2.54. The first kappa shape index (κ1) is 25.1. The number of hydrogen-bond donors (Lipinski definition) is 2. The van der Waals surface area contributed by atoms with Gasteiger partial charge in [-0.1, -0.05) is 35.9 Å². The van der Waals surface area contributed by atoms with Crippen LogP contribution in [0.3, 0.4) is 0 Å². The Morgan fingerprint density at radius 1 is 1.03 bits per heavy atom. The first-order valence-electron chi connectivity index (χ1n) is 11.2. The molecule has 0 radical (unpaired) electrons. The molecule has 2 aromatic carbocycles. The van der Waals surface area contributed by atoms with Crippen LogP contribution in [0.25, 0.3) is 0 Å². The summed E-state index contributed by atoms with van der Waals surface area (Å²) >= 11 is 1.22. The number of nitrogens with zero attached hydrogens (tertiary/aromatic N) is 2. The van der Waals surface area contributed by atoms with Crippen molar-refractivity contribution in [3.63, 3.8) is 0 Å². The van der Waals surface area contributed by atoms with Crippen molar-refractivity contribution in [3.8, 4) is 0 Å². The highest BCUT2D eigenvalue weighted by molar-refractivity contribution is 7.12. The number of thiophene rings is 1. The third kappa shape index (κ3) is 5.44. The van der Waals surface area contributed by atoms with Gasteiger partial charge in [0.05, 0.1) is 17.3 Å². The van der Waals surface area contributed by atoms with Crippen LogP contribution >= 0.6 is 11.3 Å². The Kier molecular flexibility index (Phi) is 7.44. The molecule has 1 aliphatic rings. The Bertz CT molecular complexity index is 1280. The highest BCUT2D eigenvalue weighted by atomic mass is 32.1. The van der Waals surface area contributed by atoms with Gasteiger partial charge in [-0.05, 0) is 48.2 Å². The third-order valence-corrected chi connectivity index (χ3v) is 6.75. The second-order valence-electron chi connectivity index (χ2n) is 8.43. The molecule has 186 valence electrons. The van der Waals surface area contributed by atoms with Crippen LogP contribution < -0.4 is 5.32 Å². The maximum atomic E-state index is 13.6. The smallest absolute Gasteiger partial charge is 0.305 e. The number of carboxylic acids is 1.